The van der Waals surface area contributed by atoms with Gasteiger partial charge in [0.2, 0.25) is 0 Å². The van der Waals surface area contributed by atoms with Crippen LogP contribution in [0.5, 0.6) is 0 Å². The maximum absolute atomic E-state index is 6.13. The minimum atomic E-state index is 0.259. The van der Waals surface area contributed by atoms with Crippen LogP contribution in [0, 0.1) is 0 Å². The van der Waals surface area contributed by atoms with Crippen LogP contribution in [0.3, 0.4) is 0 Å². The zero-order valence-corrected chi connectivity index (χ0v) is 12.4. The van der Waals surface area contributed by atoms with E-state index in [1.807, 2.05) is 17.9 Å². The molecule has 0 bridgehead atoms. The summed E-state index contributed by atoms with van der Waals surface area (Å²) in [5, 5.41) is 4.24. The highest BCUT2D eigenvalue weighted by molar-refractivity contribution is 5.05. The zero-order valence-electron chi connectivity index (χ0n) is 12.4. The van der Waals surface area contributed by atoms with Crippen LogP contribution in [0.4, 0.5) is 0 Å². The molecule has 1 aromatic heterocycles. The second-order valence-corrected chi connectivity index (χ2v) is 5.84. The largest absolute Gasteiger partial charge is 0.329 e. The fraction of sp³-hybridized carbons (Fsp3) is 0.800. The van der Waals surface area contributed by atoms with Crippen molar-refractivity contribution in [1.29, 1.82) is 0 Å². The summed E-state index contributed by atoms with van der Waals surface area (Å²) >= 11 is 0. The number of aryl methyl sites for hydroxylation is 1. The van der Waals surface area contributed by atoms with Crippen LogP contribution < -0.4 is 5.73 Å². The van der Waals surface area contributed by atoms with E-state index in [-0.39, 0.29) is 5.54 Å². The highest BCUT2D eigenvalue weighted by Crippen LogP contribution is 2.32. The standard InChI is InChI=1S/C15H28N4/c1-3-19(10-7-14-11-17-18(2)12-14)15(13-16)8-5-4-6-9-15/h11-12H,3-10,13,16H2,1-2H3. The summed E-state index contributed by atoms with van der Waals surface area (Å²) in [6.07, 6.45) is 11.7. The smallest absolute Gasteiger partial charge is 0.0522 e. The molecule has 108 valence electrons. The summed E-state index contributed by atoms with van der Waals surface area (Å²) in [6.45, 7) is 5.25. The summed E-state index contributed by atoms with van der Waals surface area (Å²) in [7, 11) is 1.98. The summed E-state index contributed by atoms with van der Waals surface area (Å²) in [6, 6.07) is 0. The van der Waals surface area contributed by atoms with Crippen LogP contribution in [-0.2, 0) is 13.5 Å². The lowest BCUT2D eigenvalue weighted by Crippen LogP contribution is -2.55. The molecule has 0 atom stereocenters. The predicted molar refractivity (Wildman–Crippen MR) is 79.0 cm³/mol. The van der Waals surface area contributed by atoms with Crippen molar-refractivity contribution in [3.63, 3.8) is 0 Å². The number of hydrogen-bond donors (Lipinski definition) is 1. The van der Waals surface area contributed by atoms with E-state index in [1.54, 1.807) is 0 Å². The Morgan fingerprint density at radius 2 is 2.11 bits per heavy atom. The van der Waals surface area contributed by atoms with Gasteiger partial charge in [0, 0.05) is 31.9 Å². The van der Waals surface area contributed by atoms with Crippen molar-refractivity contribution in [3.8, 4) is 0 Å². The molecule has 1 fully saturated rings. The van der Waals surface area contributed by atoms with Crippen LogP contribution >= 0.6 is 0 Å². The monoisotopic (exact) mass is 264 g/mol. The summed E-state index contributed by atoms with van der Waals surface area (Å²) in [5.74, 6) is 0. The molecule has 2 N–H and O–H groups in total. The number of likely N-dealkylation sites (N-methyl/N-ethyl adjacent to an activating group) is 1. The topological polar surface area (TPSA) is 47.1 Å². The number of hydrogen-bond acceptors (Lipinski definition) is 3. The lowest BCUT2D eigenvalue weighted by atomic mass is 9.80. The third-order valence-electron chi connectivity index (χ3n) is 4.65. The van der Waals surface area contributed by atoms with Crippen LogP contribution in [0.1, 0.15) is 44.6 Å². The number of nitrogens with zero attached hydrogens (tertiary/aromatic N) is 3. The number of nitrogens with two attached hydrogens (primary N) is 1. The molecular formula is C15H28N4. The minimum Gasteiger partial charge on any atom is -0.329 e. The molecule has 1 heterocycles. The predicted octanol–water partition coefficient (Wildman–Crippen LogP) is 1.95. The van der Waals surface area contributed by atoms with Gasteiger partial charge in [-0.1, -0.05) is 26.2 Å². The second-order valence-electron chi connectivity index (χ2n) is 5.84. The van der Waals surface area contributed by atoms with E-state index in [1.165, 1.54) is 37.7 Å². The Morgan fingerprint density at radius 3 is 2.63 bits per heavy atom. The molecule has 1 aliphatic carbocycles. The molecule has 1 aliphatic rings. The molecule has 0 saturated heterocycles. The van der Waals surface area contributed by atoms with Crippen molar-refractivity contribution >= 4 is 0 Å². The van der Waals surface area contributed by atoms with Crippen molar-refractivity contribution in [2.45, 2.75) is 51.0 Å². The molecule has 19 heavy (non-hydrogen) atoms. The van der Waals surface area contributed by atoms with Crippen LogP contribution in [0.2, 0.25) is 0 Å². The van der Waals surface area contributed by atoms with E-state index in [0.717, 1.165) is 26.1 Å². The molecule has 0 unspecified atom stereocenters. The van der Waals surface area contributed by atoms with Gasteiger partial charge in [-0.15, -0.1) is 0 Å². The lowest BCUT2D eigenvalue weighted by Gasteiger charge is -2.45. The Kier molecular flexibility index (Phi) is 4.99. The maximum atomic E-state index is 6.13. The van der Waals surface area contributed by atoms with Gasteiger partial charge < -0.3 is 5.73 Å². The highest BCUT2D eigenvalue weighted by Gasteiger charge is 2.35. The van der Waals surface area contributed by atoms with Crippen LogP contribution in [0.15, 0.2) is 12.4 Å². The van der Waals surface area contributed by atoms with Crippen molar-refractivity contribution in [2.75, 3.05) is 19.6 Å². The highest BCUT2D eigenvalue weighted by atomic mass is 15.2. The fourth-order valence-electron chi connectivity index (χ4n) is 3.46. The molecular weight excluding hydrogens is 236 g/mol. The van der Waals surface area contributed by atoms with E-state index < -0.39 is 0 Å². The maximum Gasteiger partial charge on any atom is 0.0522 e. The molecule has 2 rings (SSSR count). The summed E-state index contributed by atoms with van der Waals surface area (Å²) < 4.78 is 1.88. The van der Waals surface area contributed by atoms with Gasteiger partial charge in [0.1, 0.15) is 0 Å². The molecule has 0 amide bonds. The molecule has 0 spiro atoms. The van der Waals surface area contributed by atoms with Gasteiger partial charge in [-0.25, -0.2) is 0 Å². The van der Waals surface area contributed by atoms with Crippen molar-refractivity contribution in [3.05, 3.63) is 18.0 Å². The Bertz CT molecular complexity index is 379. The van der Waals surface area contributed by atoms with Gasteiger partial charge >= 0.3 is 0 Å². The van der Waals surface area contributed by atoms with Crippen LogP contribution in [0.25, 0.3) is 0 Å². The van der Waals surface area contributed by atoms with Crippen molar-refractivity contribution in [2.24, 2.45) is 12.8 Å². The molecule has 4 nitrogen and oxygen atoms in total. The van der Waals surface area contributed by atoms with Gasteiger partial charge in [0.15, 0.2) is 0 Å². The molecule has 1 saturated carbocycles. The quantitative estimate of drug-likeness (QED) is 0.854. The Balaban J connectivity index is 1.97. The van der Waals surface area contributed by atoms with E-state index in [2.05, 4.69) is 23.1 Å². The van der Waals surface area contributed by atoms with Gasteiger partial charge in [-0.3, -0.25) is 9.58 Å². The number of aromatic nitrogens is 2. The van der Waals surface area contributed by atoms with Gasteiger partial charge in [-0.2, -0.15) is 5.10 Å². The van der Waals surface area contributed by atoms with E-state index in [4.69, 9.17) is 5.73 Å². The first-order chi connectivity index (χ1) is 9.20. The van der Waals surface area contributed by atoms with Crippen LogP contribution in [-0.4, -0.2) is 39.9 Å². The Hall–Kier alpha value is -0.870. The Labute approximate surface area is 117 Å². The summed E-state index contributed by atoms with van der Waals surface area (Å²) in [4.78, 5) is 2.61. The average Bonchev–Trinajstić information content (AvgIpc) is 2.86. The second kappa shape index (κ2) is 6.53. The third kappa shape index (κ3) is 3.37. The number of rotatable bonds is 6. The molecule has 4 heteroatoms. The Morgan fingerprint density at radius 1 is 1.37 bits per heavy atom. The van der Waals surface area contributed by atoms with Gasteiger partial charge in [0.25, 0.3) is 0 Å². The van der Waals surface area contributed by atoms with Crippen molar-refractivity contribution < 1.29 is 0 Å². The normalized spacial score (nSPS) is 18.9. The van der Waals surface area contributed by atoms with E-state index >= 15 is 0 Å². The van der Waals surface area contributed by atoms with E-state index in [9.17, 15) is 0 Å². The molecule has 0 aliphatic heterocycles. The average molecular weight is 264 g/mol. The van der Waals surface area contributed by atoms with Gasteiger partial charge in [-0.05, 0) is 31.4 Å². The first-order valence-corrected chi connectivity index (χ1v) is 7.63. The molecule has 1 aromatic rings. The lowest BCUT2D eigenvalue weighted by molar-refractivity contribution is 0.0629. The summed E-state index contributed by atoms with van der Waals surface area (Å²) in [5.41, 5.74) is 7.71. The van der Waals surface area contributed by atoms with E-state index in [0.29, 0.717) is 0 Å². The first-order valence-electron chi connectivity index (χ1n) is 7.63. The van der Waals surface area contributed by atoms with Crippen molar-refractivity contribution in [1.82, 2.24) is 14.7 Å². The first kappa shape index (κ1) is 14.5. The molecule has 0 aromatic carbocycles. The third-order valence-corrected chi connectivity index (χ3v) is 4.65. The zero-order chi connectivity index (χ0) is 13.7. The SMILES string of the molecule is CCN(CCc1cnn(C)c1)C1(CN)CCCCC1. The molecule has 0 radical (unpaired) electrons. The minimum absolute atomic E-state index is 0.259. The fourth-order valence-corrected chi connectivity index (χ4v) is 3.46. The van der Waals surface area contributed by atoms with Gasteiger partial charge in [0.05, 0.1) is 6.20 Å².